The predicted molar refractivity (Wildman–Crippen MR) is 189 cm³/mol. The molecule has 0 spiro atoms. The van der Waals surface area contributed by atoms with Crippen molar-refractivity contribution in [3.63, 3.8) is 0 Å². The van der Waals surface area contributed by atoms with Crippen molar-refractivity contribution in [2.45, 2.75) is 89.1 Å². The van der Waals surface area contributed by atoms with Crippen LogP contribution >= 0.6 is 0 Å². The Morgan fingerprint density at radius 2 is 1.16 bits per heavy atom. The lowest BCUT2D eigenvalue weighted by atomic mass is 9.88. The van der Waals surface area contributed by atoms with Gasteiger partial charge in [-0.25, -0.2) is 4.79 Å². The molecule has 5 atom stereocenters. The van der Waals surface area contributed by atoms with E-state index in [2.05, 4.69) is 16.0 Å². The first-order chi connectivity index (χ1) is 23.7. The molecule has 268 valence electrons. The molecule has 3 aromatic carbocycles. The average Bonchev–Trinajstić information content (AvgIpc) is 3.06. The van der Waals surface area contributed by atoms with Crippen LogP contribution in [0.3, 0.4) is 0 Å². The highest BCUT2D eigenvalue weighted by atomic mass is 16.6. The van der Waals surface area contributed by atoms with E-state index in [0.717, 1.165) is 16.7 Å². The predicted octanol–water partition coefficient (Wildman–Crippen LogP) is 2.70. The maximum absolute atomic E-state index is 14.0. The number of ether oxygens (including phenoxy) is 1. The third kappa shape index (κ3) is 14.1. The molecular formula is C38H49N5O7. The van der Waals surface area contributed by atoms with E-state index in [4.69, 9.17) is 16.2 Å². The van der Waals surface area contributed by atoms with Gasteiger partial charge in [0.15, 0.2) is 0 Å². The number of rotatable bonds is 18. The maximum Gasteiger partial charge on any atom is 0.407 e. The lowest BCUT2D eigenvalue weighted by Gasteiger charge is -2.30. The van der Waals surface area contributed by atoms with Gasteiger partial charge >= 0.3 is 6.09 Å². The normalized spacial score (nSPS) is 14.2. The van der Waals surface area contributed by atoms with Gasteiger partial charge in [-0.05, 0) is 63.1 Å². The topological polar surface area (TPSA) is 203 Å². The van der Waals surface area contributed by atoms with Crippen LogP contribution in [0, 0.1) is 5.92 Å². The Morgan fingerprint density at radius 3 is 1.64 bits per heavy atom. The Morgan fingerprint density at radius 1 is 0.680 bits per heavy atom. The Balaban J connectivity index is 1.86. The lowest BCUT2D eigenvalue weighted by Crippen LogP contribution is -2.55. The van der Waals surface area contributed by atoms with E-state index in [1.165, 1.54) is 0 Å². The molecule has 0 bridgehead atoms. The number of carbonyl (C=O) groups is 5. The number of amides is 5. The Labute approximate surface area is 293 Å². The van der Waals surface area contributed by atoms with Gasteiger partial charge in [-0.15, -0.1) is 0 Å². The Hall–Kier alpha value is -5.23. The van der Waals surface area contributed by atoms with Gasteiger partial charge in [-0.1, -0.05) is 91.0 Å². The number of primary amides is 2. The minimum atomic E-state index is -1.25. The molecule has 0 fully saturated rings. The molecule has 0 aromatic heterocycles. The average molecular weight is 688 g/mol. The largest absolute Gasteiger partial charge is 0.444 e. The summed E-state index contributed by atoms with van der Waals surface area (Å²) in [5, 5.41) is 19.7. The number of nitrogens with one attached hydrogen (secondary N) is 3. The fourth-order valence-electron chi connectivity index (χ4n) is 5.44. The van der Waals surface area contributed by atoms with Crippen molar-refractivity contribution in [3.8, 4) is 0 Å². The van der Waals surface area contributed by atoms with Crippen molar-refractivity contribution in [3.05, 3.63) is 108 Å². The molecule has 5 amide bonds. The van der Waals surface area contributed by atoms with Gasteiger partial charge in [0.1, 0.15) is 17.7 Å². The Bertz CT molecular complexity index is 1550. The van der Waals surface area contributed by atoms with Crippen LogP contribution in [-0.4, -0.2) is 64.7 Å². The van der Waals surface area contributed by atoms with Gasteiger partial charge in [-0.3, -0.25) is 19.2 Å². The summed E-state index contributed by atoms with van der Waals surface area (Å²) in [6, 6.07) is 24.2. The molecule has 0 saturated heterocycles. The molecule has 12 heteroatoms. The monoisotopic (exact) mass is 687 g/mol. The summed E-state index contributed by atoms with van der Waals surface area (Å²) < 4.78 is 5.46. The molecule has 0 aliphatic carbocycles. The highest BCUT2D eigenvalue weighted by molar-refractivity contribution is 5.92. The number of carbonyl (C=O) groups excluding carboxylic acids is 5. The molecule has 3 aromatic rings. The van der Waals surface area contributed by atoms with Crippen LogP contribution in [0.5, 0.6) is 0 Å². The van der Waals surface area contributed by atoms with E-state index in [-0.39, 0.29) is 38.5 Å². The van der Waals surface area contributed by atoms with Crippen LogP contribution in [0.25, 0.3) is 0 Å². The summed E-state index contributed by atoms with van der Waals surface area (Å²) >= 11 is 0. The van der Waals surface area contributed by atoms with Gasteiger partial charge in [0.05, 0.1) is 12.1 Å². The number of alkyl carbamates (subject to hydrolysis) is 1. The van der Waals surface area contributed by atoms with E-state index in [1.807, 2.05) is 66.7 Å². The fourth-order valence-corrected chi connectivity index (χ4v) is 5.44. The van der Waals surface area contributed by atoms with E-state index < -0.39 is 65.5 Å². The molecule has 8 N–H and O–H groups in total. The number of hydrogen-bond donors (Lipinski definition) is 6. The zero-order valence-electron chi connectivity index (χ0n) is 28.8. The van der Waals surface area contributed by atoms with Crippen LogP contribution in [0.2, 0.25) is 0 Å². The molecule has 50 heavy (non-hydrogen) atoms. The quantitative estimate of drug-likeness (QED) is 0.118. The minimum absolute atomic E-state index is 0.101. The molecule has 3 rings (SSSR count). The molecule has 0 aliphatic heterocycles. The van der Waals surface area contributed by atoms with Crippen LogP contribution in [0.15, 0.2) is 91.0 Å². The van der Waals surface area contributed by atoms with E-state index in [9.17, 15) is 29.1 Å². The van der Waals surface area contributed by atoms with Crippen molar-refractivity contribution >= 4 is 29.7 Å². The second kappa shape index (κ2) is 19.1. The van der Waals surface area contributed by atoms with Crippen molar-refractivity contribution in [2.75, 3.05) is 0 Å². The van der Waals surface area contributed by atoms with Crippen LogP contribution < -0.4 is 27.4 Å². The lowest BCUT2D eigenvalue weighted by molar-refractivity contribution is -0.133. The standard InChI is InChI=1S/C38H49N5O7/c1-38(2,3)50-37(49)43-30(22-26-15-9-5-10-16-26)32(44)24-28(21-25-13-7-4-8-14-25)35(47)41-29(19-20-33(39)45)36(48)42-31(34(40)46)23-27-17-11-6-12-18-27/h4-18,28-32,44H,19-24H2,1-3H3,(H2,39,45)(H2,40,46)(H,41,47)(H,42,48)(H,43,49)/t28-,29+,30+,31+,32-/m1/s1. The molecule has 0 radical (unpaired) electrons. The summed E-state index contributed by atoms with van der Waals surface area (Å²) in [5.74, 6) is -3.62. The number of aliphatic hydroxyl groups excluding tert-OH is 1. The number of nitrogens with two attached hydrogens (primary N) is 2. The van der Waals surface area contributed by atoms with E-state index >= 15 is 0 Å². The first-order valence-electron chi connectivity index (χ1n) is 16.7. The molecule has 0 aliphatic rings. The highest BCUT2D eigenvalue weighted by Gasteiger charge is 2.33. The van der Waals surface area contributed by atoms with E-state index in [0.29, 0.717) is 0 Å². The zero-order chi connectivity index (χ0) is 36.7. The van der Waals surface area contributed by atoms with Crippen LogP contribution in [0.1, 0.15) is 56.7 Å². The van der Waals surface area contributed by atoms with Gasteiger partial charge in [-0.2, -0.15) is 0 Å². The van der Waals surface area contributed by atoms with Crippen molar-refractivity contribution in [1.29, 1.82) is 0 Å². The highest BCUT2D eigenvalue weighted by Crippen LogP contribution is 2.20. The first kappa shape index (κ1) is 39.2. The SMILES string of the molecule is CC(C)(C)OC(=O)N[C@@H](Cc1ccccc1)[C@H](O)C[C@@H](Cc1ccccc1)C(=O)N[C@@H](CCC(N)=O)C(=O)N[C@@H](Cc1ccccc1)C(N)=O. The number of hydrogen-bond acceptors (Lipinski definition) is 7. The van der Waals surface area contributed by atoms with Gasteiger partial charge in [0, 0.05) is 18.8 Å². The van der Waals surface area contributed by atoms with Gasteiger partial charge in [0.2, 0.25) is 23.6 Å². The summed E-state index contributed by atoms with van der Waals surface area (Å²) in [7, 11) is 0. The van der Waals surface area contributed by atoms with Crippen molar-refractivity contribution < 1.29 is 33.8 Å². The molecule has 0 unspecified atom stereocenters. The number of benzene rings is 3. The molecule has 0 saturated carbocycles. The third-order valence-corrected chi connectivity index (χ3v) is 7.94. The zero-order valence-corrected chi connectivity index (χ0v) is 28.8. The van der Waals surface area contributed by atoms with Gasteiger partial charge < -0.3 is 37.3 Å². The molecule has 0 heterocycles. The van der Waals surface area contributed by atoms with Crippen molar-refractivity contribution in [2.24, 2.45) is 17.4 Å². The summed E-state index contributed by atoms with van der Waals surface area (Å²) in [6.45, 7) is 5.19. The van der Waals surface area contributed by atoms with E-state index in [1.54, 1.807) is 45.0 Å². The van der Waals surface area contributed by atoms with Gasteiger partial charge in [0.25, 0.3) is 0 Å². The second-order valence-electron chi connectivity index (χ2n) is 13.4. The minimum Gasteiger partial charge on any atom is -0.444 e. The summed E-state index contributed by atoms with van der Waals surface area (Å²) in [5.41, 5.74) is 12.6. The van der Waals surface area contributed by atoms with Crippen LogP contribution in [-0.2, 0) is 43.2 Å². The first-order valence-corrected chi connectivity index (χ1v) is 16.7. The Kier molecular flexibility index (Phi) is 15.0. The summed E-state index contributed by atoms with van der Waals surface area (Å²) in [6.07, 6.45) is -1.83. The maximum atomic E-state index is 14.0. The van der Waals surface area contributed by atoms with Crippen molar-refractivity contribution in [1.82, 2.24) is 16.0 Å². The fraction of sp³-hybridized carbons (Fsp3) is 0.395. The summed E-state index contributed by atoms with van der Waals surface area (Å²) in [4.78, 5) is 64.4. The number of aliphatic hydroxyl groups is 1. The molecular weight excluding hydrogens is 638 g/mol. The smallest absolute Gasteiger partial charge is 0.407 e. The third-order valence-electron chi connectivity index (χ3n) is 7.94. The second-order valence-corrected chi connectivity index (χ2v) is 13.4. The van der Waals surface area contributed by atoms with Crippen LogP contribution in [0.4, 0.5) is 4.79 Å². The molecule has 12 nitrogen and oxygen atoms in total.